The summed E-state index contributed by atoms with van der Waals surface area (Å²) in [6.07, 6.45) is 0.778. The van der Waals surface area contributed by atoms with Crippen molar-refractivity contribution < 1.29 is 14.3 Å². The van der Waals surface area contributed by atoms with Crippen LogP contribution in [0.15, 0.2) is 24.3 Å². The van der Waals surface area contributed by atoms with Crippen LogP contribution < -0.4 is 10.1 Å². The van der Waals surface area contributed by atoms with Crippen LogP contribution in [-0.2, 0) is 16.0 Å². The van der Waals surface area contributed by atoms with Gasteiger partial charge in [-0.05, 0) is 51.8 Å². The Bertz CT molecular complexity index is 504. The zero-order valence-electron chi connectivity index (χ0n) is 14.2. The number of nitrogens with one attached hydrogen (secondary N) is 1. The van der Waals surface area contributed by atoms with Gasteiger partial charge < -0.3 is 14.8 Å². The first-order valence-corrected chi connectivity index (χ1v) is 7.88. The van der Waals surface area contributed by atoms with Gasteiger partial charge >= 0.3 is 0 Å². The number of carbonyl (C=O) groups excluding carboxylic acids is 1. The van der Waals surface area contributed by atoms with Gasteiger partial charge in [0.2, 0.25) is 5.91 Å². The van der Waals surface area contributed by atoms with Crippen LogP contribution in [-0.4, -0.2) is 31.3 Å². The van der Waals surface area contributed by atoms with Crippen LogP contribution in [0.4, 0.5) is 0 Å². The molecule has 1 N–H and O–H groups in total. The van der Waals surface area contributed by atoms with Crippen molar-refractivity contribution in [3.05, 3.63) is 29.8 Å². The van der Waals surface area contributed by atoms with E-state index in [1.165, 1.54) is 0 Å². The first-order chi connectivity index (χ1) is 10.3. The second-order valence-electron chi connectivity index (χ2n) is 7.00. The molecule has 4 nitrogen and oxygen atoms in total. The summed E-state index contributed by atoms with van der Waals surface area (Å²) >= 11 is 0. The summed E-state index contributed by atoms with van der Waals surface area (Å²) < 4.78 is 11.2. The fourth-order valence-electron chi connectivity index (χ4n) is 3.08. The molecule has 1 aliphatic rings. The topological polar surface area (TPSA) is 47.6 Å². The van der Waals surface area contributed by atoms with Crippen LogP contribution >= 0.6 is 0 Å². The fourth-order valence-corrected chi connectivity index (χ4v) is 3.08. The van der Waals surface area contributed by atoms with E-state index >= 15 is 0 Å². The van der Waals surface area contributed by atoms with E-state index in [9.17, 15) is 4.79 Å². The molecule has 1 saturated heterocycles. The summed E-state index contributed by atoms with van der Waals surface area (Å²) in [5, 5.41) is 2.99. The molecule has 0 radical (unpaired) electrons. The minimum absolute atomic E-state index is 0.0363. The predicted octanol–water partition coefficient (Wildman–Crippen LogP) is 2.80. The highest BCUT2D eigenvalue weighted by Gasteiger charge is 2.39. The normalized spacial score (nSPS) is 23.2. The Balaban J connectivity index is 2.07. The Kier molecular flexibility index (Phi) is 5.12. The van der Waals surface area contributed by atoms with E-state index in [1.54, 1.807) is 7.11 Å². The maximum atomic E-state index is 12.2. The molecule has 0 saturated carbocycles. The molecule has 1 aromatic carbocycles. The van der Waals surface area contributed by atoms with Gasteiger partial charge in [-0.25, -0.2) is 0 Å². The SMILES string of the molecule is COc1ccc(C[C@H]2C(=O)NCC2[C@@H](C)OC(C)(C)C)cc1. The van der Waals surface area contributed by atoms with Gasteiger partial charge in [0, 0.05) is 18.4 Å². The third-order valence-electron chi connectivity index (χ3n) is 4.12. The standard InChI is InChI=1S/C18H27NO3/c1-12(22-18(2,3)4)16-11-19-17(20)15(16)10-13-6-8-14(21-5)9-7-13/h6-9,12,15-16H,10-11H2,1-5H3,(H,19,20)/t12-,15-,16?/m1/s1. The van der Waals surface area contributed by atoms with Crippen molar-refractivity contribution in [2.45, 2.75) is 45.8 Å². The third-order valence-corrected chi connectivity index (χ3v) is 4.12. The molecule has 2 rings (SSSR count). The van der Waals surface area contributed by atoms with E-state index in [4.69, 9.17) is 9.47 Å². The summed E-state index contributed by atoms with van der Waals surface area (Å²) in [5.74, 6) is 1.13. The molecule has 1 aromatic rings. The zero-order valence-corrected chi connectivity index (χ0v) is 14.2. The average molecular weight is 305 g/mol. The highest BCUT2D eigenvalue weighted by atomic mass is 16.5. The summed E-state index contributed by atoms with van der Waals surface area (Å²) in [4.78, 5) is 12.2. The lowest BCUT2D eigenvalue weighted by Gasteiger charge is -2.30. The number of hydrogen-bond acceptors (Lipinski definition) is 3. The van der Waals surface area contributed by atoms with Gasteiger partial charge in [-0.15, -0.1) is 0 Å². The van der Waals surface area contributed by atoms with Crippen LogP contribution in [0.2, 0.25) is 0 Å². The molecule has 1 aliphatic heterocycles. The number of amides is 1. The van der Waals surface area contributed by atoms with Gasteiger partial charge in [0.15, 0.2) is 0 Å². The van der Waals surface area contributed by atoms with Gasteiger partial charge in [-0.1, -0.05) is 12.1 Å². The van der Waals surface area contributed by atoms with Gasteiger partial charge in [-0.2, -0.15) is 0 Å². The van der Waals surface area contributed by atoms with Crippen molar-refractivity contribution >= 4 is 5.91 Å². The first kappa shape index (κ1) is 16.8. The molecule has 22 heavy (non-hydrogen) atoms. The smallest absolute Gasteiger partial charge is 0.223 e. The van der Waals surface area contributed by atoms with E-state index in [0.717, 1.165) is 17.7 Å². The third kappa shape index (κ3) is 4.23. The van der Waals surface area contributed by atoms with E-state index < -0.39 is 0 Å². The lowest BCUT2D eigenvalue weighted by atomic mass is 9.85. The molecule has 122 valence electrons. The van der Waals surface area contributed by atoms with E-state index in [-0.39, 0.29) is 29.4 Å². The Morgan fingerprint density at radius 3 is 2.45 bits per heavy atom. The predicted molar refractivity (Wildman–Crippen MR) is 87.0 cm³/mol. The second-order valence-corrected chi connectivity index (χ2v) is 7.00. The van der Waals surface area contributed by atoms with Crippen molar-refractivity contribution in [1.29, 1.82) is 0 Å². The molecule has 1 amide bonds. The van der Waals surface area contributed by atoms with Gasteiger partial charge in [0.05, 0.1) is 18.8 Å². The minimum Gasteiger partial charge on any atom is -0.497 e. The van der Waals surface area contributed by atoms with E-state index in [0.29, 0.717) is 6.54 Å². The molecule has 0 spiro atoms. The molecule has 1 heterocycles. The summed E-state index contributed by atoms with van der Waals surface area (Å²) in [6, 6.07) is 7.92. The largest absolute Gasteiger partial charge is 0.497 e. The number of carbonyl (C=O) groups is 1. The lowest BCUT2D eigenvalue weighted by molar-refractivity contribution is -0.125. The highest BCUT2D eigenvalue weighted by Crippen LogP contribution is 2.29. The Hall–Kier alpha value is -1.55. The molecule has 1 unspecified atom stereocenters. The number of hydrogen-bond donors (Lipinski definition) is 1. The van der Waals surface area contributed by atoms with Crippen LogP contribution in [0.5, 0.6) is 5.75 Å². The molecular formula is C18H27NO3. The van der Waals surface area contributed by atoms with Gasteiger partial charge in [-0.3, -0.25) is 4.79 Å². The summed E-state index contributed by atoms with van der Waals surface area (Å²) in [7, 11) is 1.65. The van der Waals surface area contributed by atoms with Crippen molar-refractivity contribution in [3.63, 3.8) is 0 Å². The lowest BCUT2D eigenvalue weighted by Crippen LogP contribution is -2.35. The highest BCUT2D eigenvalue weighted by molar-refractivity contribution is 5.81. The van der Waals surface area contributed by atoms with Crippen molar-refractivity contribution in [1.82, 2.24) is 5.32 Å². The average Bonchev–Trinajstić information content (AvgIpc) is 2.79. The maximum Gasteiger partial charge on any atom is 0.223 e. The Morgan fingerprint density at radius 1 is 1.27 bits per heavy atom. The van der Waals surface area contributed by atoms with Crippen LogP contribution in [0.3, 0.4) is 0 Å². The van der Waals surface area contributed by atoms with Gasteiger partial charge in [0.25, 0.3) is 0 Å². The van der Waals surface area contributed by atoms with Crippen LogP contribution in [0.1, 0.15) is 33.3 Å². The zero-order chi connectivity index (χ0) is 16.3. The van der Waals surface area contributed by atoms with E-state index in [1.807, 2.05) is 45.0 Å². The molecule has 0 aromatic heterocycles. The molecule has 1 fully saturated rings. The summed E-state index contributed by atoms with van der Waals surface area (Å²) in [5.41, 5.74) is 0.950. The Morgan fingerprint density at radius 2 is 1.91 bits per heavy atom. The molecule has 0 aliphatic carbocycles. The van der Waals surface area contributed by atoms with E-state index in [2.05, 4.69) is 12.2 Å². The minimum atomic E-state index is -0.199. The van der Waals surface area contributed by atoms with Gasteiger partial charge in [0.1, 0.15) is 5.75 Å². The maximum absolute atomic E-state index is 12.2. The number of methoxy groups -OCH3 is 1. The molecule has 4 heteroatoms. The van der Waals surface area contributed by atoms with Crippen molar-refractivity contribution in [2.75, 3.05) is 13.7 Å². The molecule has 0 bridgehead atoms. The number of ether oxygens (including phenoxy) is 2. The quantitative estimate of drug-likeness (QED) is 0.910. The van der Waals surface area contributed by atoms with Crippen molar-refractivity contribution in [3.8, 4) is 5.75 Å². The number of rotatable bonds is 5. The molecular weight excluding hydrogens is 278 g/mol. The fraction of sp³-hybridized carbons (Fsp3) is 0.611. The second kappa shape index (κ2) is 6.69. The summed E-state index contributed by atoms with van der Waals surface area (Å²) in [6.45, 7) is 8.90. The number of benzene rings is 1. The monoisotopic (exact) mass is 305 g/mol. The Labute approximate surface area is 133 Å². The van der Waals surface area contributed by atoms with Crippen molar-refractivity contribution in [2.24, 2.45) is 11.8 Å². The molecule has 3 atom stereocenters. The van der Waals surface area contributed by atoms with Crippen LogP contribution in [0, 0.1) is 11.8 Å². The first-order valence-electron chi connectivity index (χ1n) is 7.88. The van der Waals surface area contributed by atoms with Crippen LogP contribution in [0.25, 0.3) is 0 Å².